The highest BCUT2D eigenvalue weighted by molar-refractivity contribution is 5.81. The molecule has 2 aromatic carbocycles. The number of carbonyl (C=O) groups excluding carboxylic acids is 1. The van der Waals surface area contributed by atoms with Crippen molar-refractivity contribution in [3.8, 4) is 11.5 Å². The van der Waals surface area contributed by atoms with Gasteiger partial charge in [-0.2, -0.15) is 0 Å². The fourth-order valence-corrected chi connectivity index (χ4v) is 5.24. The molecule has 0 N–H and O–H groups in total. The van der Waals surface area contributed by atoms with Crippen LogP contribution in [0.2, 0.25) is 0 Å². The van der Waals surface area contributed by atoms with Crippen LogP contribution in [-0.4, -0.2) is 38.2 Å². The Labute approximate surface area is 185 Å². The summed E-state index contributed by atoms with van der Waals surface area (Å²) in [6, 6.07) is 14.5. The van der Waals surface area contributed by atoms with E-state index in [1.807, 2.05) is 18.2 Å². The summed E-state index contributed by atoms with van der Waals surface area (Å²) in [7, 11) is 3.33. The zero-order valence-corrected chi connectivity index (χ0v) is 18.8. The summed E-state index contributed by atoms with van der Waals surface area (Å²) in [5.41, 5.74) is 3.66. The lowest BCUT2D eigenvalue weighted by atomic mass is 9.74. The maximum atomic E-state index is 13.4. The SMILES string of the molecule is CC[C@H]1C(=O)N2CCc3cc(OC)c(OC)cc3[C@H]2C[C@@H]1CCOCc1ccccc1. The number of fused-ring (bicyclic) bond motifs is 3. The van der Waals surface area contributed by atoms with Crippen molar-refractivity contribution in [2.75, 3.05) is 27.4 Å². The van der Waals surface area contributed by atoms with Gasteiger partial charge in [-0.15, -0.1) is 0 Å². The molecule has 0 aliphatic carbocycles. The molecule has 31 heavy (non-hydrogen) atoms. The second-order valence-corrected chi connectivity index (χ2v) is 8.54. The van der Waals surface area contributed by atoms with Crippen molar-refractivity contribution in [1.82, 2.24) is 4.90 Å². The molecule has 0 saturated carbocycles. The quantitative estimate of drug-likeness (QED) is 0.573. The van der Waals surface area contributed by atoms with Crippen molar-refractivity contribution < 1.29 is 19.0 Å². The van der Waals surface area contributed by atoms with Gasteiger partial charge in [0.2, 0.25) is 5.91 Å². The van der Waals surface area contributed by atoms with Crippen LogP contribution in [0, 0.1) is 11.8 Å². The molecule has 5 heteroatoms. The first kappa shape index (κ1) is 21.7. The molecule has 0 radical (unpaired) electrons. The van der Waals surface area contributed by atoms with Crippen LogP contribution in [0.4, 0.5) is 0 Å². The molecule has 2 heterocycles. The minimum absolute atomic E-state index is 0.0817. The predicted molar refractivity (Wildman–Crippen MR) is 120 cm³/mol. The van der Waals surface area contributed by atoms with Crippen LogP contribution < -0.4 is 9.47 Å². The zero-order valence-electron chi connectivity index (χ0n) is 18.8. The fourth-order valence-electron chi connectivity index (χ4n) is 5.24. The molecule has 0 spiro atoms. The monoisotopic (exact) mass is 423 g/mol. The van der Waals surface area contributed by atoms with E-state index in [4.69, 9.17) is 14.2 Å². The number of amides is 1. The normalized spacial score (nSPS) is 22.6. The summed E-state index contributed by atoms with van der Waals surface area (Å²) in [6.45, 7) is 4.20. The molecule has 1 fully saturated rings. The van der Waals surface area contributed by atoms with Gasteiger partial charge in [-0.1, -0.05) is 37.3 Å². The summed E-state index contributed by atoms with van der Waals surface area (Å²) < 4.78 is 17.0. The van der Waals surface area contributed by atoms with E-state index in [1.165, 1.54) is 16.7 Å². The van der Waals surface area contributed by atoms with Crippen LogP contribution in [0.15, 0.2) is 42.5 Å². The Hall–Kier alpha value is -2.53. The average Bonchev–Trinajstić information content (AvgIpc) is 2.81. The number of piperidine rings is 1. The van der Waals surface area contributed by atoms with E-state index in [2.05, 4.69) is 36.1 Å². The van der Waals surface area contributed by atoms with E-state index in [-0.39, 0.29) is 12.0 Å². The van der Waals surface area contributed by atoms with Gasteiger partial charge in [0.15, 0.2) is 11.5 Å². The van der Waals surface area contributed by atoms with Gasteiger partial charge < -0.3 is 19.1 Å². The molecular weight excluding hydrogens is 390 g/mol. The molecular formula is C26H33NO4. The van der Waals surface area contributed by atoms with Crippen molar-refractivity contribution in [2.45, 2.75) is 45.3 Å². The zero-order chi connectivity index (χ0) is 21.8. The Kier molecular flexibility index (Phi) is 6.81. The average molecular weight is 424 g/mol. The molecule has 4 rings (SSSR count). The van der Waals surface area contributed by atoms with Crippen LogP contribution >= 0.6 is 0 Å². The van der Waals surface area contributed by atoms with E-state index in [1.54, 1.807) is 14.2 Å². The van der Waals surface area contributed by atoms with E-state index in [0.717, 1.165) is 43.7 Å². The third-order valence-corrected chi connectivity index (χ3v) is 6.88. The van der Waals surface area contributed by atoms with E-state index < -0.39 is 0 Å². The van der Waals surface area contributed by atoms with Gasteiger partial charge in [0.05, 0.1) is 26.9 Å². The van der Waals surface area contributed by atoms with Gasteiger partial charge in [0.1, 0.15) is 0 Å². The van der Waals surface area contributed by atoms with E-state index in [0.29, 0.717) is 25.0 Å². The molecule has 0 bridgehead atoms. The highest BCUT2D eigenvalue weighted by Crippen LogP contribution is 2.46. The van der Waals surface area contributed by atoms with Crippen molar-refractivity contribution in [1.29, 1.82) is 0 Å². The molecule has 2 aliphatic heterocycles. The summed E-state index contributed by atoms with van der Waals surface area (Å²) in [4.78, 5) is 15.5. The molecule has 2 aromatic rings. The van der Waals surface area contributed by atoms with Gasteiger partial charge in [-0.3, -0.25) is 4.79 Å². The molecule has 166 valence electrons. The number of hydrogen-bond acceptors (Lipinski definition) is 4. The van der Waals surface area contributed by atoms with Crippen LogP contribution in [0.25, 0.3) is 0 Å². The predicted octanol–water partition coefficient (Wildman–Crippen LogP) is 4.78. The molecule has 3 atom stereocenters. The Morgan fingerprint density at radius 2 is 1.81 bits per heavy atom. The smallest absolute Gasteiger partial charge is 0.226 e. The molecule has 0 unspecified atom stereocenters. The summed E-state index contributed by atoms with van der Waals surface area (Å²) in [5, 5.41) is 0. The standard InChI is InChI=1S/C26H33NO4/c1-4-21-20(11-13-31-17-18-8-6-5-7-9-18)14-23-22-16-25(30-3)24(29-2)15-19(22)10-12-27(23)26(21)28/h5-9,15-16,20-21,23H,4,10-14,17H2,1-3H3/t20-,21+,23+/m0/s1. The number of nitrogens with zero attached hydrogens (tertiary/aromatic N) is 1. The third-order valence-electron chi connectivity index (χ3n) is 6.88. The van der Waals surface area contributed by atoms with Crippen molar-refractivity contribution in [3.63, 3.8) is 0 Å². The van der Waals surface area contributed by atoms with Gasteiger partial charge in [-0.05, 0) is 60.4 Å². The Morgan fingerprint density at radius 3 is 2.52 bits per heavy atom. The number of ether oxygens (including phenoxy) is 3. The maximum absolute atomic E-state index is 13.4. The minimum Gasteiger partial charge on any atom is -0.493 e. The first-order valence-corrected chi connectivity index (χ1v) is 11.3. The summed E-state index contributed by atoms with van der Waals surface area (Å²) >= 11 is 0. The molecule has 2 aliphatic rings. The van der Waals surface area contributed by atoms with Crippen LogP contribution in [0.1, 0.15) is 48.9 Å². The molecule has 5 nitrogen and oxygen atoms in total. The number of benzene rings is 2. The molecule has 0 aromatic heterocycles. The summed E-state index contributed by atoms with van der Waals surface area (Å²) in [6.07, 6.45) is 3.62. The number of rotatable bonds is 8. The lowest BCUT2D eigenvalue weighted by molar-refractivity contribution is -0.147. The van der Waals surface area contributed by atoms with E-state index >= 15 is 0 Å². The highest BCUT2D eigenvalue weighted by atomic mass is 16.5. The number of carbonyl (C=O) groups is 1. The van der Waals surface area contributed by atoms with Gasteiger partial charge in [0.25, 0.3) is 0 Å². The molecule has 1 saturated heterocycles. The first-order chi connectivity index (χ1) is 15.2. The van der Waals surface area contributed by atoms with E-state index in [9.17, 15) is 4.79 Å². The van der Waals surface area contributed by atoms with Crippen LogP contribution in [-0.2, 0) is 22.6 Å². The van der Waals surface area contributed by atoms with Crippen molar-refractivity contribution >= 4 is 5.91 Å². The Bertz CT molecular complexity index is 898. The number of methoxy groups -OCH3 is 2. The lowest BCUT2D eigenvalue weighted by Gasteiger charge is -2.47. The topological polar surface area (TPSA) is 48.0 Å². The van der Waals surface area contributed by atoms with Gasteiger partial charge >= 0.3 is 0 Å². The maximum Gasteiger partial charge on any atom is 0.226 e. The van der Waals surface area contributed by atoms with Crippen molar-refractivity contribution in [2.24, 2.45) is 11.8 Å². The lowest BCUT2D eigenvalue weighted by Crippen LogP contribution is -2.50. The third kappa shape index (κ3) is 4.42. The van der Waals surface area contributed by atoms with Gasteiger partial charge in [0, 0.05) is 19.1 Å². The second-order valence-electron chi connectivity index (χ2n) is 8.54. The number of hydrogen-bond donors (Lipinski definition) is 0. The van der Waals surface area contributed by atoms with Crippen LogP contribution in [0.3, 0.4) is 0 Å². The minimum atomic E-state index is 0.0817. The second kappa shape index (κ2) is 9.73. The summed E-state index contributed by atoms with van der Waals surface area (Å²) in [5.74, 6) is 2.20. The largest absolute Gasteiger partial charge is 0.493 e. The Morgan fingerprint density at radius 1 is 1.06 bits per heavy atom. The highest BCUT2D eigenvalue weighted by Gasteiger charge is 2.43. The fraction of sp³-hybridized carbons (Fsp3) is 0.500. The first-order valence-electron chi connectivity index (χ1n) is 11.3. The Balaban J connectivity index is 1.49. The van der Waals surface area contributed by atoms with Crippen molar-refractivity contribution in [3.05, 3.63) is 59.2 Å². The van der Waals surface area contributed by atoms with Gasteiger partial charge in [-0.25, -0.2) is 0 Å². The van der Waals surface area contributed by atoms with Crippen LogP contribution in [0.5, 0.6) is 11.5 Å². The molecule has 1 amide bonds.